The average Bonchev–Trinajstić information content (AvgIpc) is 2.51. The smallest absolute Gasteiger partial charge is 0.251 e. The van der Waals surface area contributed by atoms with E-state index >= 15 is 0 Å². The molecule has 0 aliphatic rings. The summed E-state index contributed by atoms with van der Waals surface area (Å²) in [6.45, 7) is 8.16. The second-order valence-corrected chi connectivity index (χ2v) is 4.81. The molecule has 5 nitrogen and oxygen atoms in total. The number of amides is 2. The van der Waals surface area contributed by atoms with E-state index in [1.165, 1.54) is 0 Å². The predicted molar refractivity (Wildman–Crippen MR) is 85.4 cm³/mol. The molecule has 21 heavy (non-hydrogen) atoms. The lowest BCUT2D eigenvalue weighted by Crippen LogP contribution is -2.32. The molecule has 0 saturated heterocycles. The molecule has 1 aromatic carbocycles. The molecule has 114 valence electrons. The quantitative estimate of drug-likeness (QED) is 0.640. The second-order valence-electron chi connectivity index (χ2n) is 4.81. The third kappa shape index (κ3) is 6.12. The summed E-state index contributed by atoms with van der Waals surface area (Å²) in [6, 6.07) is 7.20. The molecule has 0 fully saturated rings. The number of carbonyl (C=O) groups excluding carboxylic acids is 2. The summed E-state index contributed by atoms with van der Waals surface area (Å²) in [5.41, 5.74) is 1.40. The zero-order valence-corrected chi connectivity index (χ0v) is 12.6. The molecule has 0 aliphatic heterocycles. The Balaban J connectivity index is 2.48. The van der Waals surface area contributed by atoms with Crippen molar-refractivity contribution in [1.29, 1.82) is 0 Å². The van der Waals surface area contributed by atoms with Crippen LogP contribution < -0.4 is 16.0 Å². The highest BCUT2D eigenvalue weighted by molar-refractivity contribution is 5.94. The SMILES string of the molecule is C=CCNC(=O)CNc1ccc(C(=O)NC(C)CC)cc1. The third-order valence-electron chi connectivity index (χ3n) is 3.03. The highest BCUT2D eigenvalue weighted by atomic mass is 16.2. The minimum atomic E-state index is -0.103. The number of anilines is 1. The van der Waals surface area contributed by atoms with E-state index in [-0.39, 0.29) is 24.4 Å². The standard InChI is InChI=1S/C16H23N3O2/c1-4-10-17-15(20)11-18-14-8-6-13(7-9-14)16(21)19-12(3)5-2/h4,6-9,12,18H,1,5,10-11H2,2-3H3,(H,17,20)(H,19,21). The molecule has 3 N–H and O–H groups in total. The van der Waals surface area contributed by atoms with Crippen LogP contribution >= 0.6 is 0 Å². The van der Waals surface area contributed by atoms with E-state index in [0.717, 1.165) is 12.1 Å². The lowest BCUT2D eigenvalue weighted by molar-refractivity contribution is -0.119. The van der Waals surface area contributed by atoms with E-state index in [4.69, 9.17) is 0 Å². The van der Waals surface area contributed by atoms with Gasteiger partial charge in [0.25, 0.3) is 5.91 Å². The van der Waals surface area contributed by atoms with Crippen molar-refractivity contribution in [3.8, 4) is 0 Å². The van der Waals surface area contributed by atoms with Crippen LogP contribution in [0.15, 0.2) is 36.9 Å². The summed E-state index contributed by atoms with van der Waals surface area (Å²) in [5.74, 6) is -0.187. The van der Waals surface area contributed by atoms with Gasteiger partial charge in [0.1, 0.15) is 0 Å². The zero-order valence-electron chi connectivity index (χ0n) is 12.6. The molecular formula is C16H23N3O2. The van der Waals surface area contributed by atoms with Crippen molar-refractivity contribution in [2.45, 2.75) is 26.3 Å². The molecule has 0 saturated carbocycles. The van der Waals surface area contributed by atoms with Crippen molar-refractivity contribution in [2.75, 3.05) is 18.4 Å². The van der Waals surface area contributed by atoms with Crippen molar-refractivity contribution in [3.05, 3.63) is 42.5 Å². The van der Waals surface area contributed by atoms with E-state index in [0.29, 0.717) is 12.1 Å². The largest absolute Gasteiger partial charge is 0.376 e. The Morgan fingerprint density at radius 1 is 1.29 bits per heavy atom. The van der Waals surface area contributed by atoms with Gasteiger partial charge in [-0.25, -0.2) is 0 Å². The minimum Gasteiger partial charge on any atom is -0.376 e. The van der Waals surface area contributed by atoms with Gasteiger partial charge in [-0.3, -0.25) is 9.59 Å². The van der Waals surface area contributed by atoms with E-state index in [1.54, 1.807) is 30.3 Å². The maximum Gasteiger partial charge on any atom is 0.251 e. The van der Waals surface area contributed by atoms with Gasteiger partial charge in [-0.1, -0.05) is 13.0 Å². The number of hydrogen-bond donors (Lipinski definition) is 3. The van der Waals surface area contributed by atoms with Crippen LogP contribution in [0.4, 0.5) is 5.69 Å². The molecule has 5 heteroatoms. The van der Waals surface area contributed by atoms with Crippen LogP contribution in [0.3, 0.4) is 0 Å². The average molecular weight is 289 g/mol. The summed E-state index contributed by atoms with van der Waals surface area (Å²) in [5, 5.41) is 8.58. The summed E-state index contributed by atoms with van der Waals surface area (Å²) in [7, 11) is 0. The minimum absolute atomic E-state index is 0.0837. The monoisotopic (exact) mass is 289 g/mol. The third-order valence-corrected chi connectivity index (χ3v) is 3.03. The topological polar surface area (TPSA) is 70.2 Å². The molecule has 1 aromatic rings. The van der Waals surface area contributed by atoms with Crippen molar-refractivity contribution in [1.82, 2.24) is 10.6 Å². The van der Waals surface area contributed by atoms with Gasteiger partial charge in [0, 0.05) is 23.8 Å². The van der Waals surface area contributed by atoms with Crippen LogP contribution in [0.25, 0.3) is 0 Å². The van der Waals surface area contributed by atoms with Gasteiger partial charge in [-0.05, 0) is 37.6 Å². The maximum absolute atomic E-state index is 11.9. The summed E-state index contributed by atoms with van der Waals surface area (Å²) in [6.07, 6.45) is 2.52. The Labute approximate surface area is 125 Å². The molecule has 0 radical (unpaired) electrons. The Bertz CT molecular complexity index is 483. The second kappa shape index (κ2) is 8.79. The van der Waals surface area contributed by atoms with E-state index in [9.17, 15) is 9.59 Å². The lowest BCUT2D eigenvalue weighted by Gasteiger charge is -2.12. The molecule has 0 spiro atoms. The number of nitrogens with one attached hydrogen (secondary N) is 3. The van der Waals surface area contributed by atoms with E-state index < -0.39 is 0 Å². The number of benzene rings is 1. The van der Waals surface area contributed by atoms with Gasteiger partial charge >= 0.3 is 0 Å². The molecule has 1 rings (SSSR count). The van der Waals surface area contributed by atoms with Crippen LogP contribution in [-0.2, 0) is 4.79 Å². The summed E-state index contributed by atoms with van der Waals surface area (Å²) in [4.78, 5) is 23.3. The van der Waals surface area contributed by atoms with Crippen LogP contribution in [0.5, 0.6) is 0 Å². The molecule has 1 unspecified atom stereocenters. The Kier molecular flexibility index (Phi) is 7.01. The van der Waals surface area contributed by atoms with E-state index in [1.807, 2.05) is 13.8 Å². The van der Waals surface area contributed by atoms with Crippen molar-refractivity contribution >= 4 is 17.5 Å². The summed E-state index contributed by atoms with van der Waals surface area (Å²) >= 11 is 0. The molecule has 0 aliphatic carbocycles. The fourth-order valence-electron chi connectivity index (χ4n) is 1.58. The first kappa shape index (κ1) is 16.8. The fraction of sp³-hybridized carbons (Fsp3) is 0.375. The van der Waals surface area contributed by atoms with Gasteiger partial charge in [0.2, 0.25) is 5.91 Å². The van der Waals surface area contributed by atoms with Crippen LogP contribution in [0, 0.1) is 0 Å². The van der Waals surface area contributed by atoms with Crippen molar-refractivity contribution in [3.63, 3.8) is 0 Å². The molecule has 0 bridgehead atoms. The molecule has 1 atom stereocenters. The molecule has 0 heterocycles. The molecular weight excluding hydrogens is 266 g/mol. The van der Waals surface area contributed by atoms with Gasteiger partial charge in [0.15, 0.2) is 0 Å². The van der Waals surface area contributed by atoms with Crippen LogP contribution in [0.2, 0.25) is 0 Å². The van der Waals surface area contributed by atoms with E-state index in [2.05, 4.69) is 22.5 Å². The van der Waals surface area contributed by atoms with Gasteiger partial charge < -0.3 is 16.0 Å². The van der Waals surface area contributed by atoms with Crippen LogP contribution in [-0.4, -0.2) is 30.9 Å². The first-order valence-corrected chi connectivity index (χ1v) is 7.09. The zero-order chi connectivity index (χ0) is 15.7. The molecule has 2 amide bonds. The Morgan fingerprint density at radius 2 is 1.95 bits per heavy atom. The highest BCUT2D eigenvalue weighted by Gasteiger charge is 2.08. The normalized spacial score (nSPS) is 11.3. The Hall–Kier alpha value is -2.30. The number of rotatable bonds is 8. The van der Waals surface area contributed by atoms with Crippen molar-refractivity contribution in [2.24, 2.45) is 0 Å². The van der Waals surface area contributed by atoms with Gasteiger partial charge in [-0.15, -0.1) is 6.58 Å². The van der Waals surface area contributed by atoms with Crippen LogP contribution in [0.1, 0.15) is 30.6 Å². The summed E-state index contributed by atoms with van der Waals surface area (Å²) < 4.78 is 0. The first-order chi connectivity index (χ1) is 10.1. The fourth-order valence-corrected chi connectivity index (χ4v) is 1.58. The molecule has 0 aromatic heterocycles. The predicted octanol–water partition coefficient (Wildman–Crippen LogP) is 1.93. The van der Waals surface area contributed by atoms with Gasteiger partial charge in [-0.2, -0.15) is 0 Å². The van der Waals surface area contributed by atoms with Gasteiger partial charge in [0.05, 0.1) is 6.54 Å². The highest BCUT2D eigenvalue weighted by Crippen LogP contribution is 2.09. The lowest BCUT2D eigenvalue weighted by atomic mass is 10.1. The van der Waals surface area contributed by atoms with Crippen molar-refractivity contribution < 1.29 is 9.59 Å². The number of carbonyl (C=O) groups is 2. The maximum atomic E-state index is 11.9. The first-order valence-electron chi connectivity index (χ1n) is 7.09. The number of hydrogen-bond acceptors (Lipinski definition) is 3. The Morgan fingerprint density at radius 3 is 2.52 bits per heavy atom.